The van der Waals surface area contributed by atoms with Crippen LogP contribution >= 0.6 is 0 Å². The Bertz CT molecular complexity index is 894. The summed E-state index contributed by atoms with van der Waals surface area (Å²) in [6.07, 6.45) is 11.4. The number of hydrogen-bond donors (Lipinski definition) is 2. The van der Waals surface area contributed by atoms with Gasteiger partial charge in [-0.3, -0.25) is 0 Å². The molecular weight excluding hydrogens is 388 g/mol. The molecule has 1 aromatic rings. The zero-order valence-electron chi connectivity index (χ0n) is 21.3. The Morgan fingerprint density at radius 2 is 1.75 bits per heavy atom. The van der Waals surface area contributed by atoms with Crippen LogP contribution in [0.4, 0.5) is 0 Å². The SMILES string of the molecule is C=C/C=C(\C=C(/C)CC(=C)c1cc(CC)c(CCCC(C)C)cc1C)NC(=C)NC(=C)C. The number of nitrogens with one attached hydrogen (secondary N) is 2. The summed E-state index contributed by atoms with van der Waals surface area (Å²) < 4.78 is 0. The maximum Gasteiger partial charge on any atom is 0.0999 e. The Hall–Kier alpha value is -2.74. The van der Waals surface area contributed by atoms with Crippen molar-refractivity contribution >= 4 is 5.57 Å². The molecule has 0 aliphatic carbocycles. The molecule has 0 amide bonds. The second-order valence-corrected chi connectivity index (χ2v) is 9.21. The Morgan fingerprint density at radius 1 is 1.06 bits per heavy atom. The molecule has 2 nitrogen and oxygen atoms in total. The lowest BCUT2D eigenvalue weighted by molar-refractivity contribution is 0.555. The molecule has 0 aliphatic heterocycles. The first-order valence-corrected chi connectivity index (χ1v) is 11.8. The number of rotatable bonds is 14. The van der Waals surface area contributed by atoms with Crippen LogP contribution in [0.1, 0.15) is 76.1 Å². The van der Waals surface area contributed by atoms with Gasteiger partial charge in [-0.1, -0.05) is 77.3 Å². The summed E-state index contributed by atoms with van der Waals surface area (Å²) in [5, 5.41) is 6.37. The normalized spacial score (nSPS) is 12.0. The zero-order valence-corrected chi connectivity index (χ0v) is 21.3. The third-order valence-corrected chi connectivity index (χ3v) is 5.39. The minimum absolute atomic E-state index is 0.685. The Balaban J connectivity index is 2.99. The highest BCUT2D eigenvalue weighted by molar-refractivity contribution is 5.69. The first kappa shape index (κ1) is 27.3. The fraction of sp³-hybridized carbons (Fsp3) is 0.400. The van der Waals surface area contributed by atoms with E-state index in [1.54, 1.807) is 6.08 Å². The van der Waals surface area contributed by atoms with Crippen LogP contribution < -0.4 is 10.6 Å². The van der Waals surface area contributed by atoms with Crippen LogP contribution in [0.25, 0.3) is 5.57 Å². The van der Waals surface area contributed by atoms with Gasteiger partial charge in [-0.25, -0.2) is 0 Å². The first-order valence-electron chi connectivity index (χ1n) is 11.8. The molecule has 0 atom stereocenters. The molecule has 2 N–H and O–H groups in total. The highest BCUT2D eigenvalue weighted by Crippen LogP contribution is 2.28. The van der Waals surface area contributed by atoms with Gasteiger partial charge in [0.15, 0.2) is 0 Å². The molecule has 1 aromatic carbocycles. The van der Waals surface area contributed by atoms with Gasteiger partial charge in [0, 0.05) is 11.4 Å². The molecule has 0 heterocycles. The third-order valence-electron chi connectivity index (χ3n) is 5.39. The number of benzene rings is 1. The monoisotopic (exact) mass is 432 g/mol. The van der Waals surface area contributed by atoms with E-state index >= 15 is 0 Å². The molecule has 174 valence electrons. The van der Waals surface area contributed by atoms with E-state index in [-0.39, 0.29) is 0 Å². The maximum atomic E-state index is 4.43. The van der Waals surface area contributed by atoms with E-state index in [9.17, 15) is 0 Å². The molecule has 0 saturated carbocycles. The number of allylic oxidation sites excluding steroid dienone is 6. The van der Waals surface area contributed by atoms with Crippen LogP contribution in [0.15, 0.2) is 79.5 Å². The van der Waals surface area contributed by atoms with Crippen LogP contribution in [0.3, 0.4) is 0 Å². The molecule has 1 rings (SSSR count). The highest BCUT2D eigenvalue weighted by atomic mass is 15.1. The largest absolute Gasteiger partial charge is 0.347 e. The van der Waals surface area contributed by atoms with Crippen molar-refractivity contribution < 1.29 is 0 Å². The Morgan fingerprint density at radius 3 is 2.31 bits per heavy atom. The second-order valence-electron chi connectivity index (χ2n) is 9.21. The zero-order chi connectivity index (χ0) is 24.3. The summed E-state index contributed by atoms with van der Waals surface area (Å²) in [7, 11) is 0. The molecular formula is C30H44N2. The lowest BCUT2D eigenvalue weighted by Crippen LogP contribution is -2.22. The maximum absolute atomic E-state index is 4.43. The van der Waals surface area contributed by atoms with Gasteiger partial charge in [0.1, 0.15) is 0 Å². The fourth-order valence-corrected chi connectivity index (χ4v) is 3.92. The van der Waals surface area contributed by atoms with Gasteiger partial charge in [-0.15, -0.1) is 0 Å². The van der Waals surface area contributed by atoms with Gasteiger partial charge in [-0.2, -0.15) is 0 Å². The average molecular weight is 433 g/mol. The fourth-order valence-electron chi connectivity index (χ4n) is 3.92. The van der Waals surface area contributed by atoms with E-state index in [1.165, 1.54) is 40.7 Å². The summed E-state index contributed by atoms with van der Waals surface area (Å²) >= 11 is 0. The summed E-state index contributed by atoms with van der Waals surface area (Å²) in [5.41, 5.74) is 9.68. The van der Waals surface area contributed by atoms with E-state index in [1.807, 2.05) is 13.0 Å². The van der Waals surface area contributed by atoms with Gasteiger partial charge in [0.25, 0.3) is 0 Å². The average Bonchev–Trinajstić information content (AvgIpc) is 2.67. The van der Waals surface area contributed by atoms with Crippen LogP contribution in [-0.2, 0) is 12.8 Å². The van der Waals surface area contributed by atoms with Gasteiger partial charge in [0.05, 0.1) is 5.82 Å². The predicted octanol–water partition coefficient (Wildman–Crippen LogP) is 8.14. The standard InChI is InChI=1S/C30H44N2/c1-11-14-29(32-26(10)31-22(5)6)18-23(7)17-24(8)30-20-27(12-2)28(19-25(30)9)16-13-15-21(3)4/h11,14,18-21,31-32H,1,5,8,10,12-13,15-17H2,2-4,6-7,9H3/b23-18+,29-14+. The lowest BCUT2D eigenvalue weighted by atomic mass is 9.89. The van der Waals surface area contributed by atoms with Gasteiger partial charge < -0.3 is 10.6 Å². The smallest absolute Gasteiger partial charge is 0.0999 e. The molecule has 2 heteroatoms. The molecule has 0 aliphatic rings. The molecule has 0 radical (unpaired) electrons. The van der Waals surface area contributed by atoms with Crippen molar-refractivity contribution in [3.05, 3.63) is 102 Å². The minimum atomic E-state index is 0.685. The minimum Gasteiger partial charge on any atom is -0.347 e. The van der Waals surface area contributed by atoms with E-state index in [0.29, 0.717) is 5.82 Å². The number of aryl methyl sites for hydroxylation is 3. The van der Waals surface area contributed by atoms with Crippen molar-refractivity contribution in [2.75, 3.05) is 0 Å². The molecule has 0 fully saturated rings. The molecule has 0 aromatic heterocycles. The Labute approximate surface area is 197 Å². The third kappa shape index (κ3) is 9.60. The van der Waals surface area contributed by atoms with E-state index in [4.69, 9.17) is 0 Å². The van der Waals surface area contributed by atoms with Gasteiger partial charge in [-0.05, 0) is 92.4 Å². The van der Waals surface area contributed by atoms with Crippen molar-refractivity contribution in [3.63, 3.8) is 0 Å². The van der Waals surface area contributed by atoms with Gasteiger partial charge in [0.2, 0.25) is 0 Å². The summed E-state index contributed by atoms with van der Waals surface area (Å²) in [4.78, 5) is 0. The van der Waals surface area contributed by atoms with Crippen molar-refractivity contribution in [2.45, 2.75) is 73.6 Å². The molecule has 32 heavy (non-hydrogen) atoms. The van der Waals surface area contributed by atoms with Crippen LogP contribution in [0.5, 0.6) is 0 Å². The molecule has 0 spiro atoms. The molecule has 0 bridgehead atoms. The Kier molecular flexibility index (Phi) is 11.6. The highest BCUT2D eigenvalue weighted by Gasteiger charge is 2.10. The summed E-state index contributed by atoms with van der Waals surface area (Å²) in [5.74, 6) is 1.45. The number of hydrogen-bond acceptors (Lipinski definition) is 2. The summed E-state index contributed by atoms with van der Waals surface area (Å²) in [6, 6.07) is 4.75. The first-order chi connectivity index (χ1) is 15.1. The topological polar surface area (TPSA) is 24.1 Å². The van der Waals surface area contributed by atoms with E-state index in [2.05, 4.69) is 89.8 Å². The van der Waals surface area contributed by atoms with E-state index < -0.39 is 0 Å². The van der Waals surface area contributed by atoms with E-state index in [0.717, 1.165) is 42.1 Å². The second kappa shape index (κ2) is 13.6. The predicted molar refractivity (Wildman–Crippen MR) is 144 cm³/mol. The van der Waals surface area contributed by atoms with Crippen molar-refractivity contribution in [3.8, 4) is 0 Å². The lowest BCUT2D eigenvalue weighted by Gasteiger charge is -2.17. The quantitative estimate of drug-likeness (QED) is 0.290. The van der Waals surface area contributed by atoms with Crippen LogP contribution in [0, 0.1) is 12.8 Å². The molecule has 0 unspecified atom stereocenters. The van der Waals surface area contributed by atoms with Crippen LogP contribution in [0.2, 0.25) is 0 Å². The van der Waals surface area contributed by atoms with Crippen molar-refractivity contribution in [1.29, 1.82) is 0 Å². The van der Waals surface area contributed by atoms with Gasteiger partial charge >= 0.3 is 0 Å². The van der Waals surface area contributed by atoms with Crippen molar-refractivity contribution in [1.82, 2.24) is 10.6 Å². The molecule has 0 saturated heterocycles. The van der Waals surface area contributed by atoms with Crippen LogP contribution in [-0.4, -0.2) is 0 Å². The summed E-state index contributed by atoms with van der Waals surface area (Å²) in [6.45, 7) is 29.2. The van der Waals surface area contributed by atoms with Crippen molar-refractivity contribution in [2.24, 2.45) is 5.92 Å².